The van der Waals surface area contributed by atoms with E-state index in [-0.39, 0.29) is 30.6 Å². The van der Waals surface area contributed by atoms with Gasteiger partial charge in [0.05, 0.1) is 24.9 Å². The highest BCUT2D eigenvalue weighted by Crippen LogP contribution is 2.20. The number of carbonyl (C=O) groups is 2. The SMILES string of the molecule is CNC(=O)c1ccc(CN(Cc2ccco2)C(=O)Cc2coc(-c3ccc(F)cc3)n2)cc1. The molecular weight excluding hydrogens is 425 g/mol. The lowest BCUT2D eigenvalue weighted by molar-refractivity contribution is -0.132. The van der Waals surface area contributed by atoms with Gasteiger partial charge in [-0.05, 0) is 54.1 Å². The molecule has 0 radical (unpaired) electrons. The smallest absolute Gasteiger partial charge is 0.251 e. The normalized spacial score (nSPS) is 10.7. The number of carbonyl (C=O) groups excluding carboxylic acids is 2. The first-order valence-electron chi connectivity index (χ1n) is 10.3. The van der Waals surface area contributed by atoms with Crippen LogP contribution in [0.15, 0.2) is 82.0 Å². The van der Waals surface area contributed by atoms with Crippen molar-refractivity contribution in [2.45, 2.75) is 19.5 Å². The molecule has 0 fully saturated rings. The van der Waals surface area contributed by atoms with Crippen molar-refractivity contribution < 1.29 is 22.8 Å². The zero-order valence-corrected chi connectivity index (χ0v) is 18.0. The summed E-state index contributed by atoms with van der Waals surface area (Å²) in [5, 5.41) is 2.58. The number of amides is 2. The van der Waals surface area contributed by atoms with Crippen molar-refractivity contribution in [1.82, 2.24) is 15.2 Å². The Morgan fingerprint density at radius 3 is 2.42 bits per heavy atom. The van der Waals surface area contributed by atoms with Crippen LogP contribution in [0.3, 0.4) is 0 Å². The molecule has 0 atom stereocenters. The number of rotatable bonds is 8. The summed E-state index contributed by atoms with van der Waals surface area (Å²) >= 11 is 0. The van der Waals surface area contributed by atoms with Crippen molar-refractivity contribution in [2.24, 2.45) is 0 Å². The number of hydrogen-bond donors (Lipinski definition) is 1. The number of hydrogen-bond acceptors (Lipinski definition) is 5. The van der Waals surface area contributed by atoms with Gasteiger partial charge in [-0.1, -0.05) is 12.1 Å². The molecule has 0 unspecified atom stereocenters. The Kier molecular flexibility index (Phi) is 6.64. The van der Waals surface area contributed by atoms with Crippen LogP contribution in [-0.2, 0) is 24.3 Å². The van der Waals surface area contributed by atoms with Crippen LogP contribution in [0.5, 0.6) is 0 Å². The minimum Gasteiger partial charge on any atom is -0.467 e. The summed E-state index contributed by atoms with van der Waals surface area (Å²) in [4.78, 5) is 30.9. The van der Waals surface area contributed by atoms with Crippen LogP contribution in [0.25, 0.3) is 11.5 Å². The summed E-state index contributed by atoms with van der Waals surface area (Å²) in [5.41, 5.74) is 2.51. The lowest BCUT2D eigenvalue weighted by atomic mass is 10.1. The number of aromatic nitrogens is 1. The molecule has 0 aliphatic rings. The zero-order valence-electron chi connectivity index (χ0n) is 18.0. The molecule has 2 amide bonds. The molecule has 0 bridgehead atoms. The third-order valence-corrected chi connectivity index (χ3v) is 5.07. The van der Waals surface area contributed by atoms with Gasteiger partial charge in [0.25, 0.3) is 5.91 Å². The van der Waals surface area contributed by atoms with E-state index in [1.807, 2.05) is 12.1 Å². The fraction of sp³-hybridized carbons (Fsp3) is 0.160. The van der Waals surface area contributed by atoms with Gasteiger partial charge in [0.15, 0.2) is 0 Å². The van der Waals surface area contributed by atoms with Gasteiger partial charge >= 0.3 is 0 Å². The number of furan rings is 1. The van der Waals surface area contributed by atoms with Crippen molar-refractivity contribution in [1.29, 1.82) is 0 Å². The number of benzene rings is 2. The Labute approximate surface area is 189 Å². The van der Waals surface area contributed by atoms with Gasteiger partial charge in [-0.25, -0.2) is 9.37 Å². The number of nitrogens with one attached hydrogen (secondary N) is 1. The van der Waals surface area contributed by atoms with Gasteiger partial charge in [-0.3, -0.25) is 9.59 Å². The highest BCUT2D eigenvalue weighted by molar-refractivity contribution is 5.93. The number of oxazole rings is 1. The number of halogens is 1. The Balaban J connectivity index is 1.49. The van der Waals surface area contributed by atoms with Crippen LogP contribution < -0.4 is 5.32 Å². The molecule has 0 spiro atoms. The molecule has 2 aromatic carbocycles. The Hall–Kier alpha value is -4.20. The molecule has 0 saturated heterocycles. The van der Waals surface area contributed by atoms with Crippen LogP contribution in [0.2, 0.25) is 0 Å². The van der Waals surface area contributed by atoms with E-state index in [9.17, 15) is 14.0 Å². The highest BCUT2D eigenvalue weighted by atomic mass is 19.1. The van der Waals surface area contributed by atoms with E-state index in [1.54, 1.807) is 54.6 Å². The lowest BCUT2D eigenvalue weighted by Gasteiger charge is -2.21. The van der Waals surface area contributed by atoms with Gasteiger partial charge in [-0.2, -0.15) is 0 Å². The summed E-state index contributed by atoms with van der Waals surface area (Å²) < 4.78 is 24.1. The Morgan fingerprint density at radius 1 is 1.00 bits per heavy atom. The van der Waals surface area contributed by atoms with E-state index in [1.165, 1.54) is 18.4 Å². The second kappa shape index (κ2) is 9.95. The Morgan fingerprint density at radius 2 is 1.76 bits per heavy atom. The van der Waals surface area contributed by atoms with E-state index < -0.39 is 0 Å². The van der Waals surface area contributed by atoms with Crippen LogP contribution in [0, 0.1) is 5.82 Å². The quantitative estimate of drug-likeness (QED) is 0.437. The molecule has 8 heteroatoms. The van der Waals surface area contributed by atoms with Crippen molar-refractivity contribution in [2.75, 3.05) is 7.05 Å². The first kappa shape index (κ1) is 22.0. The fourth-order valence-electron chi connectivity index (χ4n) is 3.33. The summed E-state index contributed by atoms with van der Waals surface area (Å²) in [6, 6.07) is 16.4. The zero-order chi connectivity index (χ0) is 23.2. The molecule has 2 aromatic heterocycles. The highest BCUT2D eigenvalue weighted by Gasteiger charge is 2.19. The van der Waals surface area contributed by atoms with E-state index in [0.717, 1.165) is 5.56 Å². The van der Waals surface area contributed by atoms with Crippen molar-refractivity contribution in [3.8, 4) is 11.5 Å². The average Bonchev–Trinajstić information content (AvgIpc) is 3.51. The predicted octanol–water partition coefficient (Wildman–Crippen LogP) is 4.20. The van der Waals surface area contributed by atoms with Crippen LogP contribution in [-0.4, -0.2) is 28.7 Å². The van der Waals surface area contributed by atoms with E-state index in [4.69, 9.17) is 8.83 Å². The van der Waals surface area contributed by atoms with Gasteiger partial charge in [-0.15, -0.1) is 0 Å². The van der Waals surface area contributed by atoms with Crippen LogP contribution in [0.1, 0.15) is 27.4 Å². The molecule has 168 valence electrons. The molecule has 7 nitrogen and oxygen atoms in total. The van der Waals surface area contributed by atoms with Gasteiger partial charge in [0.1, 0.15) is 17.8 Å². The third-order valence-electron chi connectivity index (χ3n) is 5.07. The maximum atomic E-state index is 13.2. The first-order valence-corrected chi connectivity index (χ1v) is 10.3. The molecule has 0 aliphatic heterocycles. The van der Waals surface area contributed by atoms with Gasteiger partial charge < -0.3 is 19.1 Å². The monoisotopic (exact) mass is 447 g/mol. The molecular formula is C25H22FN3O4. The average molecular weight is 447 g/mol. The van der Waals surface area contributed by atoms with Crippen molar-refractivity contribution in [3.05, 3.63) is 102 Å². The predicted molar refractivity (Wildman–Crippen MR) is 118 cm³/mol. The third kappa shape index (κ3) is 5.54. The first-order chi connectivity index (χ1) is 16.0. The molecule has 0 saturated carbocycles. The van der Waals surface area contributed by atoms with E-state index in [2.05, 4.69) is 10.3 Å². The van der Waals surface area contributed by atoms with Crippen LogP contribution >= 0.6 is 0 Å². The van der Waals surface area contributed by atoms with Gasteiger partial charge in [0, 0.05) is 24.7 Å². The summed E-state index contributed by atoms with van der Waals surface area (Å²) in [6.07, 6.45) is 3.02. The van der Waals surface area contributed by atoms with E-state index in [0.29, 0.717) is 35.0 Å². The van der Waals surface area contributed by atoms with Gasteiger partial charge in [0.2, 0.25) is 11.8 Å². The maximum Gasteiger partial charge on any atom is 0.251 e. The standard InChI is InChI=1S/C25H22FN3O4/c1-27-24(31)18-6-4-17(5-7-18)14-29(15-22-3-2-12-32-22)23(30)13-21-16-33-25(28-21)19-8-10-20(26)11-9-19/h2-12,16H,13-15H2,1H3,(H,27,31). The minimum atomic E-state index is -0.349. The van der Waals surface area contributed by atoms with Crippen molar-refractivity contribution in [3.63, 3.8) is 0 Å². The second-order valence-corrected chi connectivity index (χ2v) is 7.43. The Bertz CT molecular complexity index is 1220. The lowest BCUT2D eigenvalue weighted by Crippen LogP contribution is -2.31. The number of nitrogens with zero attached hydrogens (tertiary/aromatic N) is 2. The molecule has 4 aromatic rings. The molecule has 2 heterocycles. The maximum absolute atomic E-state index is 13.2. The van der Waals surface area contributed by atoms with Crippen molar-refractivity contribution >= 4 is 11.8 Å². The summed E-state index contributed by atoms with van der Waals surface area (Å²) in [6.45, 7) is 0.613. The topological polar surface area (TPSA) is 88.6 Å². The fourth-order valence-corrected chi connectivity index (χ4v) is 3.33. The van der Waals surface area contributed by atoms with E-state index >= 15 is 0 Å². The molecule has 0 aliphatic carbocycles. The molecule has 1 N–H and O–H groups in total. The summed E-state index contributed by atoms with van der Waals surface area (Å²) in [7, 11) is 1.57. The minimum absolute atomic E-state index is 0.0295. The molecule has 4 rings (SSSR count). The summed E-state index contributed by atoms with van der Waals surface area (Å²) in [5.74, 6) is 0.282. The van der Waals surface area contributed by atoms with Crippen LogP contribution in [0.4, 0.5) is 4.39 Å². The molecule has 33 heavy (non-hydrogen) atoms. The second-order valence-electron chi connectivity index (χ2n) is 7.43. The largest absolute Gasteiger partial charge is 0.467 e.